The van der Waals surface area contributed by atoms with Crippen molar-refractivity contribution in [3.05, 3.63) is 0 Å². The summed E-state index contributed by atoms with van der Waals surface area (Å²) in [4.78, 5) is 5.17. The maximum atomic E-state index is 3.67. The van der Waals surface area contributed by atoms with E-state index in [1.165, 1.54) is 58.4 Å². The maximum Gasteiger partial charge on any atom is 0.0109 e. The van der Waals surface area contributed by atoms with Gasteiger partial charge in [0, 0.05) is 25.7 Å². The molecule has 3 heteroatoms. The van der Waals surface area contributed by atoms with Crippen LogP contribution in [0.2, 0.25) is 0 Å². The number of hydrogen-bond acceptors (Lipinski definition) is 3. The van der Waals surface area contributed by atoms with Crippen molar-refractivity contribution < 1.29 is 0 Å². The van der Waals surface area contributed by atoms with Crippen LogP contribution in [-0.4, -0.2) is 62.2 Å². The van der Waals surface area contributed by atoms with Crippen LogP contribution in [0.4, 0.5) is 0 Å². The molecule has 0 bridgehead atoms. The zero-order valence-electron chi connectivity index (χ0n) is 11.6. The molecule has 0 aromatic rings. The summed E-state index contributed by atoms with van der Waals surface area (Å²) < 4.78 is 0. The van der Waals surface area contributed by atoms with Gasteiger partial charge in [0.05, 0.1) is 0 Å². The lowest BCUT2D eigenvalue weighted by Crippen LogP contribution is -2.40. The minimum absolute atomic E-state index is 0.793. The molecule has 3 nitrogen and oxygen atoms in total. The van der Waals surface area contributed by atoms with Crippen molar-refractivity contribution in [2.75, 3.05) is 46.3 Å². The SMILES string of the molecule is CCNC1CCCC1CN1CCCN(C)CC1. The highest BCUT2D eigenvalue weighted by atomic mass is 15.2. The van der Waals surface area contributed by atoms with Crippen molar-refractivity contribution in [1.82, 2.24) is 15.1 Å². The quantitative estimate of drug-likeness (QED) is 0.800. The Labute approximate surface area is 107 Å². The van der Waals surface area contributed by atoms with E-state index in [0.717, 1.165) is 18.5 Å². The Morgan fingerprint density at radius 3 is 2.76 bits per heavy atom. The standard InChI is InChI=1S/C14H29N3/c1-3-15-14-7-4-6-13(14)12-17-9-5-8-16(2)10-11-17/h13-15H,3-12H2,1-2H3. The van der Waals surface area contributed by atoms with E-state index in [-0.39, 0.29) is 0 Å². The molecule has 1 heterocycles. The first-order chi connectivity index (χ1) is 8.29. The van der Waals surface area contributed by atoms with E-state index >= 15 is 0 Å². The van der Waals surface area contributed by atoms with Crippen LogP contribution < -0.4 is 5.32 Å². The molecule has 2 fully saturated rings. The molecule has 0 aromatic heterocycles. The molecule has 0 aromatic carbocycles. The van der Waals surface area contributed by atoms with Crippen molar-refractivity contribution in [3.8, 4) is 0 Å². The molecule has 1 N–H and O–H groups in total. The minimum atomic E-state index is 0.793. The molecule has 0 spiro atoms. The van der Waals surface area contributed by atoms with Gasteiger partial charge in [-0.1, -0.05) is 13.3 Å². The topological polar surface area (TPSA) is 18.5 Å². The minimum Gasteiger partial charge on any atom is -0.314 e. The summed E-state index contributed by atoms with van der Waals surface area (Å²) in [6, 6.07) is 0.793. The van der Waals surface area contributed by atoms with Crippen LogP contribution in [-0.2, 0) is 0 Å². The van der Waals surface area contributed by atoms with Gasteiger partial charge in [-0.3, -0.25) is 0 Å². The highest BCUT2D eigenvalue weighted by molar-refractivity contribution is 4.85. The summed E-state index contributed by atoms with van der Waals surface area (Å²) in [6.45, 7) is 9.79. The second-order valence-electron chi connectivity index (χ2n) is 5.81. The number of hydrogen-bond donors (Lipinski definition) is 1. The molecular weight excluding hydrogens is 210 g/mol. The number of nitrogens with zero attached hydrogens (tertiary/aromatic N) is 2. The summed E-state index contributed by atoms with van der Waals surface area (Å²) in [5, 5.41) is 3.67. The Balaban J connectivity index is 1.78. The lowest BCUT2D eigenvalue weighted by atomic mass is 10.0. The van der Waals surface area contributed by atoms with Gasteiger partial charge < -0.3 is 15.1 Å². The van der Waals surface area contributed by atoms with Crippen LogP contribution in [0.25, 0.3) is 0 Å². The average Bonchev–Trinajstić information content (AvgIpc) is 2.63. The molecule has 0 radical (unpaired) electrons. The number of nitrogens with one attached hydrogen (secondary N) is 1. The van der Waals surface area contributed by atoms with Crippen LogP contribution in [0, 0.1) is 5.92 Å². The zero-order valence-corrected chi connectivity index (χ0v) is 11.6. The lowest BCUT2D eigenvalue weighted by molar-refractivity contribution is 0.219. The van der Waals surface area contributed by atoms with Gasteiger partial charge in [-0.15, -0.1) is 0 Å². The molecule has 1 aliphatic carbocycles. The first kappa shape index (κ1) is 13.3. The highest BCUT2D eigenvalue weighted by Gasteiger charge is 2.28. The van der Waals surface area contributed by atoms with Crippen molar-refractivity contribution in [2.45, 2.75) is 38.6 Å². The van der Waals surface area contributed by atoms with Gasteiger partial charge in [0.25, 0.3) is 0 Å². The molecule has 2 rings (SSSR count). The zero-order chi connectivity index (χ0) is 12.1. The summed E-state index contributed by atoms with van der Waals surface area (Å²) in [5.74, 6) is 0.901. The van der Waals surface area contributed by atoms with Gasteiger partial charge in [-0.2, -0.15) is 0 Å². The van der Waals surface area contributed by atoms with Crippen LogP contribution in [0.3, 0.4) is 0 Å². The fraction of sp³-hybridized carbons (Fsp3) is 1.00. The van der Waals surface area contributed by atoms with Crippen molar-refractivity contribution in [2.24, 2.45) is 5.92 Å². The van der Waals surface area contributed by atoms with E-state index < -0.39 is 0 Å². The molecule has 17 heavy (non-hydrogen) atoms. The number of likely N-dealkylation sites (N-methyl/N-ethyl adjacent to an activating group) is 1. The predicted molar refractivity (Wildman–Crippen MR) is 73.4 cm³/mol. The van der Waals surface area contributed by atoms with Crippen LogP contribution >= 0.6 is 0 Å². The molecule has 2 atom stereocenters. The molecule has 1 saturated heterocycles. The van der Waals surface area contributed by atoms with Crippen LogP contribution in [0.1, 0.15) is 32.6 Å². The lowest BCUT2D eigenvalue weighted by Gasteiger charge is -2.28. The summed E-state index contributed by atoms with van der Waals surface area (Å²) >= 11 is 0. The molecule has 1 aliphatic heterocycles. The molecule has 100 valence electrons. The van der Waals surface area contributed by atoms with Gasteiger partial charge in [0.1, 0.15) is 0 Å². The van der Waals surface area contributed by atoms with E-state index in [1.807, 2.05) is 0 Å². The van der Waals surface area contributed by atoms with Gasteiger partial charge in [-0.25, -0.2) is 0 Å². The largest absolute Gasteiger partial charge is 0.314 e. The second-order valence-corrected chi connectivity index (χ2v) is 5.81. The number of rotatable bonds is 4. The Morgan fingerprint density at radius 2 is 1.94 bits per heavy atom. The van der Waals surface area contributed by atoms with E-state index in [2.05, 4.69) is 29.1 Å². The summed E-state index contributed by atoms with van der Waals surface area (Å²) in [6.07, 6.45) is 5.60. The summed E-state index contributed by atoms with van der Waals surface area (Å²) in [7, 11) is 2.25. The third-order valence-corrected chi connectivity index (χ3v) is 4.43. The Kier molecular flexibility index (Phi) is 5.26. The molecule has 2 aliphatic rings. The molecule has 1 saturated carbocycles. The third-order valence-electron chi connectivity index (χ3n) is 4.43. The highest BCUT2D eigenvalue weighted by Crippen LogP contribution is 2.26. The Hall–Kier alpha value is -0.120. The smallest absolute Gasteiger partial charge is 0.0109 e. The van der Waals surface area contributed by atoms with E-state index in [4.69, 9.17) is 0 Å². The first-order valence-corrected chi connectivity index (χ1v) is 7.44. The third kappa shape index (κ3) is 3.94. The second kappa shape index (κ2) is 6.72. The summed E-state index contributed by atoms with van der Waals surface area (Å²) in [5.41, 5.74) is 0. The molecular formula is C14H29N3. The Morgan fingerprint density at radius 1 is 1.06 bits per heavy atom. The van der Waals surface area contributed by atoms with Gasteiger partial charge >= 0.3 is 0 Å². The van der Waals surface area contributed by atoms with E-state index in [1.54, 1.807) is 0 Å². The van der Waals surface area contributed by atoms with E-state index in [0.29, 0.717) is 0 Å². The normalized spacial score (nSPS) is 32.8. The molecule has 0 amide bonds. The predicted octanol–water partition coefficient (Wildman–Crippen LogP) is 1.40. The monoisotopic (exact) mass is 239 g/mol. The van der Waals surface area contributed by atoms with Crippen LogP contribution in [0.15, 0.2) is 0 Å². The van der Waals surface area contributed by atoms with E-state index in [9.17, 15) is 0 Å². The van der Waals surface area contributed by atoms with Crippen molar-refractivity contribution in [1.29, 1.82) is 0 Å². The van der Waals surface area contributed by atoms with Crippen molar-refractivity contribution in [3.63, 3.8) is 0 Å². The van der Waals surface area contributed by atoms with Gasteiger partial charge in [0.2, 0.25) is 0 Å². The fourth-order valence-electron chi connectivity index (χ4n) is 3.40. The van der Waals surface area contributed by atoms with Gasteiger partial charge in [-0.05, 0) is 51.9 Å². The maximum absolute atomic E-state index is 3.67. The van der Waals surface area contributed by atoms with Gasteiger partial charge in [0.15, 0.2) is 0 Å². The van der Waals surface area contributed by atoms with Crippen molar-refractivity contribution >= 4 is 0 Å². The Bertz CT molecular complexity index is 220. The average molecular weight is 239 g/mol. The fourth-order valence-corrected chi connectivity index (χ4v) is 3.40. The molecule has 2 unspecified atom stereocenters. The first-order valence-electron chi connectivity index (χ1n) is 7.44. The van der Waals surface area contributed by atoms with Crippen LogP contribution in [0.5, 0.6) is 0 Å².